The quantitative estimate of drug-likeness (QED) is 0.523. The smallest absolute Gasteiger partial charge is 0.280 e. The van der Waals surface area contributed by atoms with Gasteiger partial charge >= 0.3 is 0 Å². The largest absolute Gasteiger partial charge is 0.295 e. The highest BCUT2D eigenvalue weighted by molar-refractivity contribution is 7.71. The fraction of sp³-hybridized carbons (Fsp3) is 0.333. The SMILES string of the molecule is CC(C)(C)n1c(-c2cc(F)ccc2[N+](=O)[O-])n[nH]c1=S. The van der Waals surface area contributed by atoms with Gasteiger partial charge in [-0.2, -0.15) is 5.10 Å². The topological polar surface area (TPSA) is 76.8 Å². The predicted molar refractivity (Wildman–Crippen MR) is 74.5 cm³/mol. The Labute approximate surface area is 119 Å². The van der Waals surface area contributed by atoms with Gasteiger partial charge in [-0.1, -0.05) is 0 Å². The van der Waals surface area contributed by atoms with Crippen LogP contribution in [0.2, 0.25) is 0 Å². The summed E-state index contributed by atoms with van der Waals surface area (Å²) in [4.78, 5) is 10.5. The van der Waals surface area contributed by atoms with Crippen LogP contribution in [0.15, 0.2) is 18.2 Å². The first-order valence-corrected chi connectivity index (χ1v) is 6.25. The highest BCUT2D eigenvalue weighted by Gasteiger charge is 2.26. The Balaban J connectivity index is 2.79. The second-order valence-electron chi connectivity index (χ2n) is 5.28. The maximum Gasteiger partial charge on any atom is 0.280 e. The third-order valence-corrected chi connectivity index (χ3v) is 3.01. The van der Waals surface area contributed by atoms with Gasteiger partial charge in [0.25, 0.3) is 5.69 Å². The fourth-order valence-electron chi connectivity index (χ4n) is 1.95. The number of benzene rings is 1. The van der Waals surface area contributed by atoms with Crippen molar-refractivity contribution in [2.24, 2.45) is 0 Å². The van der Waals surface area contributed by atoms with Crippen LogP contribution in [0.4, 0.5) is 10.1 Å². The number of aromatic nitrogens is 3. The summed E-state index contributed by atoms with van der Waals surface area (Å²) in [6.45, 7) is 5.65. The molecule has 20 heavy (non-hydrogen) atoms. The maximum absolute atomic E-state index is 13.4. The van der Waals surface area contributed by atoms with Crippen molar-refractivity contribution in [3.05, 3.63) is 38.9 Å². The summed E-state index contributed by atoms with van der Waals surface area (Å²) in [6.07, 6.45) is 0. The molecule has 2 rings (SSSR count). The van der Waals surface area contributed by atoms with Crippen LogP contribution in [-0.2, 0) is 5.54 Å². The lowest BCUT2D eigenvalue weighted by Crippen LogP contribution is -2.23. The maximum atomic E-state index is 13.4. The van der Waals surface area contributed by atoms with Crippen molar-refractivity contribution >= 4 is 17.9 Å². The van der Waals surface area contributed by atoms with Crippen LogP contribution in [0.5, 0.6) is 0 Å². The van der Waals surface area contributed by atoms with E-state index in [1.807, 2.05) is 20.8 Å². The first kappa shape index (κ1) is 14.3. The van der Waals surface area contributed by atoms with E-state index in [4.69, 9.17) is 12.2 Å². The number of hydrogen-bond donors (Lipinski definition) is 1. The number of nitrogens with one attached hydrogen (secondary N) is 1. The molecule has 1 N–H and O–H groups in total. The van der Waals surface area contributed by atoms with Crippen LogP contribution in [0.3, 0.4) is 0 Å². The molecular weight excluding hydrogens is 283 g/mol. The predicted octanol–water partition coefficient (Wildman–Crippen LogP) is 3.41. The highest BCUT2D eigenvalue weighted by atomic mass is 32.1. The van der Waals surface area contributed by atoms with Gasteiger partial charge in [0, 0.05) is 11.6 Å². The number of halogens is 1. The van der Waals surface area contributed by atoms with Gasteiger partial charge in [0.05, 0.1) is 10.5 Å². The lowest BCUT2D eigenvalue weighted by Gasteiger charge is -2.22. The summed E-state index contributed by atoms with van der Waals surface area (Å²) in [7, 11) is 0. The van der Waals surface area contributed by atoms with Crippen LogP contribution in [-0.4, -0.2) is 19.7 Å². The van der Waals surface area contributed by atoms with E-state index in [1.54, 1.807) is 4.57 Å². The minimum atomic E-state index is -0.570. The van der Waals surface area contributed by atoms with Crippen LogP contribution < -0.4 is 0 Å². The molecule has 1 aromatic carbocycles. The number of nitro groups is 1. The number of H-pyrrole nitrogens is 1. The molecule has 1 aromatic heterocycles. The van der Waals surface area contributed by atoms with Crippen LogP contribution in [0, 0.1) is 20.7 Å². The Bertz CT molecular complexity index is 730. The average molecular weight is 296 g/mol. The molecule has 0 radical (unpaired) electrons. The van der Waals surface area contributed by atoms with Crippen molar-refractivity contribution in [2.45, 2.75) is 26.3 Å². The van der Waals surface area contributed by atoms with Gasteiger partial charge in [-0.3, -0.25) is 19.8 Å². The van der Waals surface area contributed by atoms with Crippen molar-refractivity contribution in [1.82, 2.24) is 14.8 Å². The molecule has 6 nitrogen and oxygen atoms in total. The molecule has 0 spiro atoms. The summed E-state index contributed by atoms with van der Waals surface area (Å²) in [5.41, 5.74) is -0.567. The van der Waals surface area contributed by atoms with E-state index in [-0.39, 0.29) is 17.1 Å². The van der Waals surface area contributed by atoms with E-state index in [0.29, 0.717) is 4.77 Å². The summed E-state index contributed by atoms with van der Waals surface area (Å²) < 4.78 is 15.4. The molecule has 0 aliphatic rings. The Morgan fingerprint density at radius 1 is 1.45 bits per heavy atom. The Hall–Kier alpha value is -2.09. The van der Waals surface area contributed by atoms with E-state index >= 15 is 0 Å². The van der Waals surface area contributed by atoms with Gasteiger partial charge in [-0.25, -0.2) is 4.39 Å². The lowest BCUT2D eigenvalue weighted by molar-refractivity contribution is -0.384. The molecule has 0 unspecified atom stereocenters. The van der Waals surface area contributed by atoms with Gasteiger partial charge in [-0.15, -0.1) is 0 Å². The monoisotopic (exact) mass is 296 g/mol. The van der Waals surface area contributed by atoms with Gasteiger partial charge in [0.2, 0.25) is 0 Å². The van der Waals surface area contributed by atoms with Gasteiger partial charge in [0.1, 0.15) is 5.82 Å². The van der Waals surface area contributed by atoms with Crippen LogP contribution in [0.1, 0.15) is 20.8 Å². The van der Waals surface area contributed by atoms with Crippen molar-refractivity contribution in [1.29, 1.82) is 0 Å². The molecule has 2 aromatic rings. The van der Waals surface area contributed by atoms with Crippen LogP contribution >= 0.6 is 12.2 Å². The second kappa shape index (κ2) is 4.78. The van der Waals surface area contributed by atoms with Crippen molar-refractivity contribution < 1.29 is 9.31 Å². The third-order valence-electron chi connectivity index (χ3n) is 2.74. The molecule has 0 fully saturated rings. The summed E-state index contributed by atoms with van der Waals surface area (Å²) in [5.74, 6) is -0.325. The normalized spacial score (nSPS) is 11.6. The Morgan fingerprint density at radius 2 is 2.10 bits per heavy atom. The molecule has 0 aliphatic carbocycles. The molecular formula is C12H13FN4O2S. The minimum Gasteiger partial charge on any atom is -0.295 e. The molecule has 0 amide bonds. The molecule has 0 bridgehead atoms. The van der Waals surface area contributed by atoms with Gasteiger partial charge in [0.15, 0.2) is 10.6 Å². The third kappa shape index (κ3) is 2.46. The Kier molecular flexibility index (Phi) is 3.43. The number of aromatic amines is 1. The van der Waals surface area contributed by atoms with E-state index in [9.17, 15) is 14.5 Å². The minimum absolute atomic E-state index is 0.0947. The molecule has 0 saturated heterocycles. The zero-order valence-corrected chi connectivity index (χ0v) is 12.0. The summed E-state index contributed by atoms with van der Waals surface area (Å²) in [6, 6.07) is 3.25. The average Bonchev–Trinajstić information content (AvgIpc) is 2.70. The fourth-order valence-corrected chi connectivity index (χ4v) is 2.35. The first-order chi connectivity index (χ1) is 9.21. The van der Waals surface area contributed by atoms with Gasteiger partial charge < -0.3 is 0 Å². The Morgan fingerprint density at radius 3 is 2.65 bits per heavy atom. The van der Waals surface area contributed by atoms with Crippen molar-refractivity contribution in [3.63, 3.8) is 0 Å². The van der Waals surface area contributed by atoms with E-state index < -0.39 is 16.3 Å². The molecule has 1 heterocycles. The standard InChI is InChI=1S/C12H13FN4O2S/c1-12(2,3)16-10(14-15-11(16)20)8-6-7(13)4-5-9(8)17(18)19/h4-6H,1-3H3,(H,15,20). The molecule has 0 atom stereocenters. The molecule has 106 valence electrons. The first-order valence-electron chi connectivity index (χ1n) is 5.84. The van der Waals surface area contributed by atoms with Gasteiger partial charge in [-0.05, 0) is 45.1 Å². The highest BCUT2D eigenvalue weighted by Crippen LogP contribution is 2.32. The number of hydrogen-bond acceptors (Lipinski definition) is 4. The van der Waals surface area contributed by atoms with Crippen LogP contribution in [0.25, 0.3) is 11.4 Å². The number of rotatable bonds is 2. The number of nitrogens with zero attached hydrogens (tertiary/aromatic N) is 3. The number of nitro benzene ring substituents is 1. The van der Waals surface area contributed by atoms with E-state index in [1.165, 1.54) is 0 Å². The second-order valence-corrected chi connectivity index (χ2v) is 5.66. The summed E-state index contributed by atoms with van der Waals surface area (Å²) in [5, 5.41) is 17.7. The van der Waals surface area contributed by atoms with Crippen molar-refractivity contribution in [2.75, 3.05) is 0 Å². The van der Waals surface area contributed by atoms with E-state index in [0.717, 1.165) is 18.2 Å². The molecule has 0 saturated carbocycles. The zero-order chi connectivity index (χ0) is 15.1. The van der Waals surface area contributed by atoms with Crippen molar-refractivity contribution in [3.8, 4) is 11.4 Å². The molecule has 8 heteroatoms. The zero-order valence-electron chi connectivity index (χ0n) is 11.2. The lowest BCUT2D eigenvalue weighted by atomic mass is 10.1. The summed E-state index contributed by atoms with van der Waals surface area (Å²) >= 11 is 5.14. The van der Waals surface area contributed by atoms with E-state index in [2.05, 4.69) is 10.2 Å². The molecule has 0 aliphatic heterocycles.